The van der Waals surface area contributed by atoms with Gasteiger partial charge in [-0.15, -0.1) is 0 Å². The first-order chi connectivity index (χ1) is 10.2. The summed E-state index contributed by atoms with van der Waals surface area (Å²) in [5, 5.41) is 12.5. The number of carbonyl (C=O) groups is 1. The number of ether oxygens (including phenoxy) is 1. The van der Waals surface area contributed by atoms with Gasteiger partial charge in [-0.25, -0.2) is 5.43 Å². The first-order valence-electron chi connectivity index (χ1n) is 6.29. The number of hydrogen-bond acceptors (Lipinski definition) is 4. The van der Waals surface area contributed by atoms with E-state index in [0.717, 1.165) is 5.56 Å². The monoisotopic (exact) mass is 282 g/mol. The summed E-state index contributed by atoms with van der Waals surface area (Å²) >= 11 is 0. The van der Waals surface area contributed by atoms with Gasteiger partial charge in [0.2, 0.25) is 0 Å². The molecule has 0 saturated heterocycles. The second kappa shape index (κ2) is 6.91. The minimum atomic E-state index is -0.298. The van der Waals surface area contributed by atoms with E-state index in [2.05, 4.69) is 15.5 Å². The standard InChI is InChI=1S/C15H14N4O2/c1-11(18-19-15(20)14-3-2-9-17-14)12-4-6-13(7-5-12)21-10-8-16/h2-7,9,17H,10H2,1H3,(H,19,20)/b18-11-. The Morgan fingerprint density at radius 1 is 1.38 bits per heavy atom. The Bertz CT molecular complexity index is 667. The number of rotatable bonds is 5. The summed E-state index contributed by atoms with van der Waals surface area (Å²) in [5.41, 5.74) is 4.45. The second-order valence-electron chi connectivity index (χ2n) is 4.19. The van der Waals surface area contributed by atoms with Crippen molar-refractivity contribution >= 4 is 11.6 Å². The lowest BCUT2D eigenvalue weighted by atomic mass is 10.1. The zero-order valence-electron chi connectivity index (χ0n) is 11.5. The van der Waals surface area contributed by atoms with E-state index in [1.807, 2.05) is 18.2 Å². The van der Waals surface area contributed by atoms with Gasteiger partial charge in [0.05, 0.1) is 5.71 Å². The molecule has 6 nitrogen and oxygen atoms in total. The van der Waals surface area contributed by atoms with Crippen molar-refractivity contribution in [1.82, 2.24) is 10.4 Å². The summed E-state index contributed by atoms with van der Waals surface area (Å²) < 4.78 is 5.16. The van der Waals surface area contributed by atoms with Gasteiger partial charge in [0.25, 0.3) is 5.91 Å². The predicted molar refractivity (Wildman–Crippen MR) is 78.0 cm³/mol. The van der Waals surface area contributed by atoms with E-state index in [1.54, 1.807) is 37.4 Å². The van der Waals surface area contributed by atoms with Gasteiger partial charge in [0.1, 0.15) is 17.5 Å². The van der Waals surface area contributed by atoms with Gasteiger partial charge >= 0.3 is 0 Å². The number of benzene rings is 1. The minimum absolute atomic E-state index is 0.0125. The summed E-state index contributed by atoms with van der Waals surface area (Å²) in [7, 11) is 0. The first-order valence-corrected chi connectivity index (χ1v) is 6.29. The van der Waals surface area contributed by atoms with Gasteiger partial charge < -0.3 is 9.72 Å². The van der Waals surface area contributed by atoms with E-state index in [-0.39, 0.29) is 12.5 Å². The molecule has 2 aromatic rings. The van der Waals surface area contributed by atoms with Crippen molar-refractivity contribution in [2.75, 3.05) is 6.61 Å². The van der Waals surface area contributed by atoms with Crippen LogP contribution >= 0.6 is 0 Å². The van der Waals surface area contributed by atoms with Crippen LogP contribution in [-0.2, 0) is 0 Å². The maximum absolute atomic E-state index is 11.7. The molecule has 2 N–H and O–H groups in total. The van der Waals surface area contributed by atoms with Crippen LogP contribution in [-0.4, -0.2) is 23.2 Å². The second-order valence-corrected chi connectivity index (χ2v) is 4.19. The Morgan fingerprint density at radius 3 is 2.76 bits per heavy atom. The van der Waals surface area contributed by atoms with Gasteiger partial charge in [-0.05, 0) is 48.9 Å². The summed E-state index contributed by atoms with van der Waals surface area (Å²) in [6, 6.07) is 12.4. The van der Waals surface area contributed by atoms with E-state index < -0.39 is 0 Å². The number of carbonyl (C=O) groups excluding carboxylic acids is 1. The molecule has 2 rings (SSSR count). The van der Waals surface area contributed by atoms with E-state index in [0.29, 0.717) is 17.2 Å². The highest BCUT2D eigenvalue weighted by molar-refractivity contribution is 6.00. The zero-order valence-corrected chi connectivity index (χ0v) is 11.5. The molecule has 0 saturated carbocycles. The van der Waals surface area contributed by atoms with E-state index in [1.165, 1.54) is 0 Å². The van der Waals surface area contributed by atoms with Crippen LogP contribution in [0.3, 0.4) is 0 Å². The van der Waals surface area contributed by atoms with Gasteiger partial charge in [-0.2, -0.15) is 10.4 Å². The number of amides is 1. The fourth-order valence-electron chi connectivity index (χ4n) is 1.64. The molecular formula is C15H14N4O2. The topological polar surface area (TPSA) is 90.3 Å². The van der Waals surface area contributed by atoms with Crippen LogP contribution in [0.5, 0.6) is 5.75 Å². The van der Waals surface area contributed by atoms with Crippen LogP contribution in [0.25, 0.3) is 0 Å². The normalized spacial score (nSPS) is 10.8. The molecule has 1 heterocycles. The fraction of sp³-hybridized carbons (Fsp3) is 0.133. The van der Waals surface area contributed by atoms with Crippen LogP contribution in [0.15, 0.2) is 47.7 Å². The number of nitrogens with zero attached hydrogens (tertiary/aromatic N) is 2. The van der Waals surface area contributed by atoms with Gasteiger partial charge in [-0.3, -0.25) is 4.79 Å². The molecule has 0 aliphatic rings. The lowest BCUT2D eigenvalue weighted by Crippen LogP contribution is -2.19. The molecule has 0 unspecified atom stereocenters. The van der Waals surface area contributed by atoms with Crippen molar-refractivity contribution in [3.05, 3.63) is 53.9 Å². The fourth-order valence-corrected chi connectivity index (χ4v) is 1.64. The number of hydrogen-bond donors (Lipinski definition) is 2. The molecule has 1 aromatic heterocycles. The molecule has 1 aromatic carbocycles. The van der Waals surface area contributed by atoms with Crippen molar-refractivity contribution in [3.8, 4) is 11.8 Å². The Balaban J connectivity index is 1.99. The van der Waals surface area contributed by atoms with E-state index in [4.69, 9.17) is 10.00 Å². The number of nitrogens with one attached hydrogen (secondary N) is 2. The molecule has 1 amide bonds. The highest BCUT2D eigenvalue weighted by Crippen LogP contribution is 2.12. The summed E-state index contributed by atoms with van der Waals surface area (Å²) in [5.74, 6) is 0.317. The number of nitriles is 1. The molecule has 0 aliphatic heterocycles. The molecule has 0 radical (unpaired) electrons. The van der Waals surface area contributed by atoms with Crippen molar-refractivity contribution in [2.24, 2.45) is 5.10 Å². The Kier molecular flexibility index (Phi) is 4.72. The van der Waals surface area contributed by atoms with Crippen LogP contribution in [0.1, 0.15) is 23.0 Å². The number of H-pyrrole nitrogens is 1. The Hall–Kier alpha value is -3.07. The van der Waals surface area contributed by atoms with Gasteiger partial charge in [0, 0.05) is 6.20 Å². The molecule has 0 fully saturated rings. The molecule has 0 atom stereocenters. The third kappa shape index (κ3) is 3.94. The molecular weight excluding hydrogens is 268 g/mol. The summed E-state index contributed by atoms with van der Waals surface area (Å²) in [6.45, 7) is 1.80. The average molecular weight is 282 g/mol. The lowest BCUT2D eigenvalue weighted by molar-refractivity contribution is 0.0950. The lowest BCUT2D eigenvalue weighted by Gasteiger charge is -2.04. The summed E-state index contributed by atoms with van der Waals surface area (Å²) in [4.78, 5) is 14.5. The number of hydrazone groups is 1. The van der Waals surface area contributed by atoms with Crippen LogP contribution in [0.4, 0.5) is 0 Å². The van der Waals surface area contributed by atoms with Crippen molar-refractivity contribution in [2.45, 2.75) is 6.92 Å². The third-order valence-corrected chi connectivity index (χ3v) is 2.74. The maximum Gasteiger partial charge on any atom is 0.287 e. The third-order valence-electron chi connectivity index (χ3n) is 2.74. The molecule has 0 spiro atoms. The van der Waals surface area contributed by atoms with Crippen LogP contribution in [0, 0.1) is 11.3 Å². The van der Waals surface area contributed by atoms with Crippen molar-refractivity contribution in [3.63, 3.8) is 0 Å². The Labute approximate surface area is 122 Å². The van der Waals surface area contributed by atoms with Crippen LogP contribution < -0.4 is 10.2 Å². The highest BCUT2D eigenvalue weighted by Gasteiger charge is 2.05. The first kappa shape index (κ1) is 14.3. The minimum Gasteiger partial charge on any atom is -0.479 e. The smallest absolute Gasteiger partial charge is 0.287 e. The summed E-state index contributed by atoms with van der Waals surface area (Å²) in [6.07, 6.45) is 1.67. The predicted octanol–water partition coefficient (Wildman–Crippen LogP) is 2.07. The number of aromatic amines is 1. The van der Waals surface area contributed by atoms with Gasteiger partial charge in [0.15, 0.2) is 6.61 Å². The molecule has 6 heteroatoms. The number of aromatic nitrogens is 1. The maximum atomic E-state index is 11.7. The van der Waals surface area contributed by atoms with Gasteiger partial charge in [-0.1, -0.05) is 0 Å². The van der Waals surface area contributed by atoms with E-state index >= 15 is 0 Å². The highest BCUT2D eigenvalue weighted by atomic mass is 16.5. The molecule has 0 bridgehead atoms. The zero-order chi connectivity index (χ0) is 15.1. The Morgan fingerprint density at radius 2 is 2.14 bits per heavy atom. The van der Waals surface area contributed by atoms with E-state index in [9.17, 15) is 4.79 Å². The largest absolute Gasteiger partial charge is 0.479 e. The SMILES string of the molecule is C/C(=N/NC(=O)c1ccc[nH]1)c1ccc(OCC#N)cc1. The molecule has 21 heavy (non-hydrogen) atoms. The quantitative estimate of drug-likeness (QED) is 0.649. The van der Waals surface area contributed by atoms with Crippen molar-refractivity contribution in [1.29, 1.82) is 5.26 Å². The van der Waals surface area contributed by atoms with Crippen molar-refractivity contribution < 1.29 is 9.53 Å². The van der Waals surface area contributed by atoms with Crippen LogP contribution in [0.2, 0.25) is 0 Å². The molecule has 0 aliphatic carbocycles. The molecule has 106 valence electrons. The average Bonchev–Trinajstić information content (AvgIpc) is 3.05.